The lowest BCUT2D eigenvalue weighted by Crippen LogP contribution is -2.19. The molecule has 1 aliphatic carbocycles. The van der Waals surface area contributed by atoms with E-state index in [-0.39, 0.29) is 0 Å². The zero-order chi connectivity index (χ0) is 13.8. The molecule has 1 N–H and O–H groups in total. The summed E-state index contributed by atoms with van der Waals surface area (Å²) in [4.78, 5) is 11.3. The summed E-state index contributed by atoms with van der Waals surface area (Å²) in [5.41, 5.74) is 3.44. The number of rotatable bonds is 5. The highest BCUT2D eigenvalue weighted by Gasteiger charge is 2.24. The van der Waals surface area contributed by atoms with Crippen LogP contribution in [0.25, 0.3) is 5.57 Å². The van der Waals surface area contributed by atoms with Crippen LogP contribution in [0.4, 0.5) is 0 Å². The lowest BCUT2D eigenvalue weighted by Gasteiger charge is -2.22. The molecule has 0 aliphatic heterocycles. The summed E-state index contributed by atoms with van der Waals surface area (Å²) in [5.74, 6) is -0.367. The van der Waals surface area contributed by atoms with E-state index in [0.29, 0.717) is 6.42 Å². The molecule has 0 aromatic heterocycles. The number of hydrogen-bond donors (Lipinski definition) is 1. The molecule has 0 spiro atoms. The van der Waals surface area contributed by atoms with Crippen molar-refractivity contribution in [1.82, 2.24) is 0 Å². The second-order valence-corrected chi connectivity index (χ2v) is 4.97. The second-order valence-electron chi connectivity index (χ2n) is 4.97. The number of hydrogen-bond acceptors (Lipinski definition) is 2. The number of allylic oxidation sites excluding steroid dienone is 1. The van der Waals surface area contributed by atoms with Crippen molar-refractivity contribution in [2.24, 2.45) is 5.92 Å². The van der Waals surface area contributed by atoms with Gasteiger partial charge in [0.1, 0.15) is 5.75 Å². The van der Waals surface area contributed by atoms with E-state index in [1.165, 1.54) is 5.56 Å². The molecule has 0 radical (unpaired) electrons. The molecular formula is C16H20O3. The minimum atomic E-state index is -0.748. The average Bonchev–Trinajstić information content (AvgIpc) is 2.43. The Labute approximate surface area is 113 Å². The molecular weight excluding hydrogens is 240 g/mol. The van der Waals surface area contributed by atoms with Crippen molar-refractivity contribution in [3.63, 3.8) is 0 Å². The molecule has 1 aliphatic rings. The number of carboxylic acid groups (broad SMARTS) is 1. The minimum absolute atomic E-state index is 0.411. The number of unbranched alkanes of at least 4 members (excludes halogenated alkanes) is 1. The first-order valence-electron chi connectivity index (χ1n) is 6.76. The fourth-order valence-electron chi connectivity index (χ4n) is 2.55. The van der Waals surface area contributed by atoms with E-state index in [2.05, 4.69) is 6.92 Å². The van der Waals surface area contributed by atoms with Gasteiger partial charge >= 0.3 is 5.97 Å². The lowest BCUT2D eigenvalue weighted by molar-refractivity contribution is -0.140. The normalized spacial score (nSPS) is 17.6. The van der Waals surface area contributed by atoms with Crippen LogP contribution in [0.5, 0.6) is 5.75 Å². The van der Waals surface area contributed by atoms with Crippen LogP contribution in [0.15, 0.2) is 24.3 Å². The van der Waals surface area contributed by atoms with Gasteiger partial charge in [-0.25, -0.2) is 0 Å². The Hall–Kier alpha value is -1.77. The van der Waals surface area contributed by atoms with E-state index >= 15 is 0 Å². The Morgan fingerprint density at radius 2 is 2.26 bits per heavy atom. The number of carbonyl (C=O) groups is 1. The first kappa shape index (κ1) is 13.7. The van der Waals surface area contributed by atoms with Crippen LogP contribution in [-0.4, -0.2) is 18.2 Å². The van der Waals surface area contributed by atoms with Crippen LogP contribution in [0.3, 0.4) is 0 Å². The first-order valence-corrected chi connectivity index (χ1v) is 6.76. The Morgan fingerprint density at radius 1 is 1.47 bits per heavy atom. The van der Waals surface area contributed by atoms with Crippen LogP contribution in [0, 0.1) is 5.92 Å². The number of methoxy groups -OCH3 is 1. The Balaban J connectivity index is 2.37. The maximum absolute atomic E-state index is 11.3. The summed E-state index contributed by atoms with van der Waals surface area (Å²) in [6.45, 7) is 2.15. The largest absolute Gasteiger partial charge is 0.497 e. The molecule has 0 unspecified atom stereocenters. The third-order valence-corrected chi connectivity index (χ3v) is 3.62. The van der Waals surface area contributed by atoms with E-state index in [1.807, 2.05) is 24.3 Å². The second kappa shape index (κ2) is 5.91. The number of carboxylic acids is 1. The number of ether oxygens (including phenoxy) is 1. The smallest absolute Gasteiger partial charge is 0.310 e. The SMILES string of the molecule is CCCCC1=C[C@@H](C(=O)O)Cc2cc(OC)ccc21. The van der Waals surface area contributed by atoms with Crippen LogP contribution < -0.4 is 4.74 Å². The lowest BCUT2D eigenvalue weighted by atomic mass is 9.83. The fourth-order valence-corrected chi connectivity index (χ4v) is 2.55. The molecule has 1 aromatic carbocycles. The predicted octanol–water partition coefficient (Wildman–Crippen LogP) is 3.53. The van der Waals surface area contributed by atoms with Crippen molar-refractivity contribution in [3.05, 3.63) is 35.4 Å². The van der Waals surface area contributed by atoms with E-state index in [1.54, 1.807) is 7.11 Å². The first-order chi connectivity index (χ1) is 9.15. The minimum Gasteiger partial charge on any atom is -0.497 e. The van der Waals surface area contributed by atoms with Gasteiger partial charge in [0.25, 0.3) is 0 Å². The summed E-state index contributed by atoms with van der Waals surface area (Å²) in [6.07, 6.45) is 5.62. The monoisotopic (exact) mass is 260 g/mol. The average molecular weight is 260 g/mol. The van der Waals surface area contributed by atoms with Gasteiger partial charge in [0.15, 0.2) is 0 Å². The van der Waals surface area contributed by atoms with Gasteiger partial charge in [0.05, 0.1) is 13.0 Å². The molecule has 3 nitrogen and oxygen atoms in total. The molecule has 0 heterocycles. The molecule has 0 amide bonds. The van der Waals surface area contributed by atoms with Crippen LogP contribution >= 0.6 is 0 Å². The van der Waals surface area contributed by atoms with Crippen LogP contribution in [0.2, 0.25) is 0 Å². The maximum atomic E-state index is 11.3. The van der Waals surface area contributed by atoms with E-state index in [4.69, 9.17) is 4.74 Å². The zero-order valence-electron chi connectivity index (χ0n) is 11.5. The van der Waals surface area contributed by atoms with Crippen molar-refractivity contribution in [2.45, 2.75) is 32.6 Å². The van der Waals surface area contributed by atoms with E-state index < -0.39 is 11.9 Å². The topological polar surface area (TPSA) is 46.5 Å². The van der Waals surface area contributed by atoms with E-state index in [0.717, 1.165) is 36.1 Å². The Kier molecular flexibility index (Phi) is 4.25. The predicted molar refractivity (Wildman–Crippen MR) is 75.3 cm³/mol. The van der Waals surface area contributed by atoms with Gasteiger partial charge in [-0.2, -0.15) is 0 Å². The van der Waals surface area contributed by atoms with Crippen molar-refractivity contribution in [1.29, 1.82) is 0 Å². The van der Waals surface area contributed by atoms with Crippen molar-refractivity contribution < 1.29 is 14.6 Å². The van der Waals surface area contributed by atoms with Gasteiger partial charge in [-0.3, -0.25) is 4.79 Å². The zero-order valence-corrected chi connectivity index (χ0v) is 11.5. The molecule has 0 saturated carbocycles. The highest BCUT2D eigenvalue weighted by molar-refractivity contribution is 5.81. The summed E-state index contributed by atoms with van der Waals surface area (Å²) in [5, 5.41) is 9.26. The maximum Gasteiger partial charge on any atom is 0.310 e. The summed E-state index contributed by atoms with van der Waals surface area (Å²) in [7, 11) is 1.63. The van der Waals surface area contributed by atoms with Crippen molar-refractivity contribution >= 4 is 11.5 Å². The fraction of sp³-hybridized carbons (Fsp3) is 0.438. The third-order valence-electron chi connectivity index (χ3n) is 3.62. The molecule has 19 heavy (non-hydrogen) atoms. The Bertz CT molecular complexity index is 503. The quantitative estimate of drug-likeness (QED) is 0.881. The molecule has 3 heteroatoms. The number of aliphatic carboxylic acids is 1. The van der Waals surface area contributed by atoms with Crippen molar-refractivity contribution in [3.8, 4) is 5.75 Å². The van der Waals surface area contributed by atoms with E-state index in [9.17, 15) is 9.90 Å². The highest BCUT2D eigenvalue weighted by Crippen LogP contribution is 2.34. The molecule has 102 valence electrons. The van der Waals surface area contributed by atoms with Gasteiger partial charge in [0, 0.05) is 0 Å². The van der Waals surface area contributed by atoms with Crippen LogP contribution in [0.1, 0.15) is 37.3 Å². The number of fused-ring (bicyclic) bond motifs is 1. The Morgan fingerprint density at radius 3 is 2.89 bits per heavy atom. The van der Waals surface area contributed by atoms with Gasteiger partial charge in [-0.15, -0.1) is 0 Å². The summed E-state index contributed by atoms with van der Waals surface area (Å²) in [6, 6.07) is 5.96. The number of benzene rings is 1. The molecule has 0 saturated heterocycles. The summed E-state index contributed by atoms with van der Waals surface area (Å²) >= 11 is 0. The molecule has 0 bridgehead atoms. The van der Waals surface area contributed by atoms with Crippen LogP contribution in [-0.2, 0) is 11.2 Å². The third kappa shape index (κ3) is 2.98. The van der Waals surface area contributed by atoms with Gasteiger partial charge in [-0.1, -0.05) is 25.5 Å². The van der Waals surface area contributed by atoms with Gasteiger partial charge in [0.2, 0.25) is 0 Å². The van der Waals surface area contributed by atoms with Gasteiger partial charge < -0.3 is 9.84 Å². The molecule has 1 atom stereocenters. The molecule has 1 aromatic rings. The summed E-state index contributed by atoms with van der Waals surface area (Å²) < 4.78 is 5.23. The standard InChI is InChI=1S/C16H20O3/c1-3-4-5-11-8-13(16(17)18)9-12-10-14(19-2)6-7-15(11)12/h6-8,10,13H,3-5,9H2,1-2H3,(H,17,18)/t13-/m1/s1. The molecule has 2 rings (SSSR count). The van der Waals surface area contributed by atoms with Crippen molar-refractivity contribution in [2.75, 3.05) is 7.11 Å². The molecule has 0 fully saturated rings. The van der Waals surface area contributed by atoms with Gasteiger partial charge in [-0.05, 0) is 48.1 Å². The highest BCUT2D eigenvalue weighted by atomic mass is 16.5.